The van der Waals surface area contributed by atoms with Crippen molar-refractivity contribution in [3.05, 3.63) is 0 Å². The smallest absolute Gasteiger partial charge is 0.109 e. The Kier molecular flexibility index (Phi) is 5.40. The van der Waals surface area contributed by atoms with Crippen molar-refractivity contribution in [3.63, 3.8) is 0 Å². The average molecular weight is 243 g/mol. The molecule has 1 aliphatic rings. The second-order valence-corrected chi connectivity index (χ2v) is 14.8. The molecule has 0 aromatic heterocycles. The van der Waals surface area contributed by atoms with E-state index in [1.807, 2.05) is 0 Å². The van der Waals surface area contributed by atoms with Crippen LogP contribution in [0.5, 0.6) is 0 Å². The van der Waals surface area contributed by atoms with Gasteiger partial charge in [0, 0.05) is 23.9 Å². The summed E-state index contributed by atoms with van der Waals surface area (Å²) in [6.07, 6.45) is 6.63. The van der Waals surface area contributed by atoms with Crippen LogP contribution in [-0.4, -0.2) is 24.7 Å². The van der Waals surface area contributed by atoms with E-state index >= 15 is 0 Å². The van der Waals surface area contributed by atoms with Crippen LogP contribution in [0.4, 0.5) is 0 Å². The Morgan fingerprint density at radius 3 is 2.60 bits per heavy atom. The number of rotatable bonds is 7. The van der Waals surface area contributed by atoms with Crippen molar-refractivity contribution in [2.75, 3.05) is 6.54 Å². The lowest BCUT2D eigenvalue weighted by Crippen LogP contribution is -2.15. The van der Waals surface area contributed by atoms with Crippen LogP contribution in [0, 0.1) is 0 Å². The van der Waals surface area contributed by atoms with Gasteiger partial charge in [0.15, 0.2) is 0 Å². The Bertz CT molecular complexity index is 220. The van der Waals surface area contributed by atoms with E-state index in [1.165, 1.54) is 37.8 Å². The lowest BCUT2D eigenvalue weighted by molar-refractivity contribution is 0.675. The molecule has 0 heterocycles. The molecule has 1 unspecified atom stereocenters. The molecule has 3 heteroatoms. The van der Waals surface area contributed by atoms with Gasteiger partial charge in [-0.3, -0.25) is 4.99 Å². The molecule has 0 saturated heterocycles. The topological polar surface area (TPSA) is 12.4 Å². The zero-order valence-electron chi connectivity index (χ0n) is 10.7. The molecule has 1 nitrogen and oxygen atoms in total. The Morgan fingerprint density at radius 2 is 2.00 bits per heavy atom. The van der Waals surface area contributed by atoms with Crippen LogP contribution in [0.25, 0.3) is 0 Å². The van der Waals surface area contributed by atoms with Gasteiger partial charge in [-0.05, 0) is 6.42 Å². The first kappa shape index (κ1) is 13.3. The first-order valence-electron chi connectivity index (χ1n) is 6.24. The average Bonchev–Trinajstić information content (AvgIpc) is 2.80. The maximum absolute atomic E-state index is 4.69. The zero-order chi connectivity index (χ0) is 11.3. The van der Waals surface area contributed by atoms with Gasteiger partial charge < -0.3 is 0 Å². The van der Waals surface area contributed by atoms with Gasteiger partial charge in [-0.15, -0.1) is 0 Å². The van der Waals surface area contributed by atoms with Crippen LogP contribution in [0.1, 0.15) is 39.0 Å². The first-order valence-corrected chi connectivity index (χ1v) is 11.3. The molecule has 0 amide bonds. The molecule has 0 aromatic rings. The molecule has 0 aliphatic heterocycles. The summed E-state index contributed by atoms with van der Waals surface area (Å²) in [5.74, 6) is 0. The molecule has 1 aliphatic carbocycles. The van der Waals surface area contributed by atoms with Crippen LogP contribution < -0.4 is 0 Å². The van der Waals surface area contributed by atoms with Crippen LogP contribution in [-0.2, 0) is 0 Å². The van der Waals surface area contributed by atoms with E-state index in [1.54, 1.807) is 0 Å². The standard InChI is InChI=1S/C12H25NSSi/c1-5-6-7-8-9-13-11-10-12(11)14-15(2,3)4/h12H,5-10H2,1-4H3. The first-order chi connectivity index (χ1) is 7.03. The molecule has 0 spiro atoms. The number of hydrogen-bond acceptors (Lipinski definition) is 2. The minimum absolute atomic E-state index is 0.808. The fourth-order valence-electron chi connectivity index (χ4n) is 1.60. The van der Waals surface area contributed by atoms with E-state index in [0.29, 0.717) is 0 Å². The summed E-state index contributed by atoms with van der Waals surface area (Å²) in [6.45, 7) is 10.6. The van der Waals surface area contributed by atoms with Gasteiger partial charge in [0.25, 0.3) is 0 Å². The van der Waals surface area contributed by atoms with Crippen LogP contribution in [0.3, 0.4) is 0 Å². The highest BCUT2D eigenvalue weighted by molar-refractivity contribution is 8.29. The molecule has 0 aromatic carbocycles. The molecular formula is C12H25NSSi. The van der Waals surface area contributed by atoms with Gasteiger partial charge in [-0.1, -0.05) is 45.8 Å². The molecule has 15 heavy (non-hydrogen) atoms. The summed E-state index contributed by atoms with van der Waals surface area (Å²) in [7, 11) is -0.924. The summed E-state index contributed by atoms with van der Waals surface area (Å²) in [4.78, 5) is 4.69. The Balaban J connectivity index is 2.07. The second-order valence-electron chi connectivity index (χ2n) is 5.36. The predicted molar refractivity (Wildman–Crippen MR) is 75.8 cm³/mol. The minimum atomic E-state index is -0.924. The van der Waals surface area contributed by atoms with Crippen molar-refractivity contribution in [3.8, 4) is 0 Å². The van der Waals surface area contributed by atoms with Gasteiger partial charge >= 0.3 is 0 Å². The second kappa shape index (κ2) is 6.09. The van der Waals surface area contributed by atoms with Gasteiger partial charge in [0.2, 0.25) is 0 Å². The third-order valence-corrected chi connectivity index (χ3v) is 6.83. The van der Waals surface area contributed by atoms with E-state index in [4.69, 9.17) is 4.99 Å². The minimum Gasteiger partial charge on any atom is -0.293 e. The zero-order valence-corrected chi connectivity index (χ0v) is 12.5. The largest absolute Gasteiger partial charge is 0.293 e. The van der Waals surface area contributed by atoms with Gasteiger partial charge in [-0.25, -0.2) is 0 Å². The number of unbranched alkanes of at least 4 members (excludes halogenated alkanes) is 3. The fourth-order valence-corrected chi connectivity index (χ4v) is 6.13. The SMILES string of the molecule is CCCCCCN=C1CC1S[Si](C)(C)C. The summed E-state index contributed by atoms with van der Waals surface area (Å²) in [5.41, 5.74) is 1.50. The predicted octanol–water partition coefficient (Wildman–Crippen LogP) is 4.35. The van der Waals surface area contributed by atoms with E-state index in [0.717, 1.165) is 11.8 Å². The van der Waals surface area contributed by atoms with Gasteiger partial charge in [0.1, 0.15) is 7.22 Å². The molecule has 0 bridgehead atoms. The lowest BCUT2D eigenvalue weighted by atomic mass is 10.2. The molecule has 1 fully saturated rings. The monoisotopic (exact) mass is 243 g/mol. The number of hydrogen-bond donors (Lipinski definition) is 0. The van der Waals surface area contributed by atoms with Crippen LogP contribution in [0.2, 0.25) is 19.6 Å². The highest BCUT2D eigenvalue weighted by atomic mass is 32.4. The molecule has 1 saturated carbocycles. The van der Waals surface area contributed by atoms with E-state index in [-0.39, 0.29) is 0 Å². The normalized spacial score (nSPS) is 23.5. The summed E-state index contributed by atoms with van der Waals surface area (Å²) >= 11 is 2.21. The van der Waals surface area contributed by atoms with Crippen molar-refractivity contribution in [1.82, 2.24) is 0 Å². The van der Waals surface area contributed by atoms with Crippen molar-refractivity contribution in [2.24, 2.45) is 4.99 Å². The van der Waals surface area contributed by atoms with E-state index < -0.39 is 7.22 Å². The fraction of sp³-hybridized carbons (Fsp3) is 0.917. The van der Waals surface area contributed by atoms with Crippen LogP contribution >= 0.6 is 11.2 Å². The third-order valence-electron chi connectivity index (χ3n) is 2.43. The maximum Gasteiger partial charge on any atom is 0.109 e. The molecular weight excluding hydrogens is 218 g/mol. The Morgan fingerprint density at radius 1 is 1.27 bits per heavy atom. The third kappa shape index (κ3) is 6.41. The van der Waals surface area contributed by atoms with Crippen LogP contribution in [0.15, 0.2) is 4.99 Å². The van der Waals surface area contributed by atoms with Crippen molar-refractivity contribution in [1.29, 1.82) is 0 Å². The van der Waals surface area contributed by atoms with Crippen molar-refractivity contribution < 1.29 is 0 Å². The van der Waals surface area contributed by atoms with E-state index in [9.17, 15) is 0 Å². The number of aliphatic imine (C=N–C) groups is 1. The molecule has 1 atom stereocenters. The van der Waals surface area contributed by atoms with Gasteiger partial charge in [-0.2, -0.15) is 11.2 Å². The lowest BCUT2D eigenvalue weighted by Gasteiger charge is -2.13. The molecule has 1 rings (SSSR count). The summed E-state index contributed by atoms with van der Waals surface area (Å²) in [6, 6.07) is 0. The Labute approximate surface area is 99.8 Å². The van der Waals surface area contributed by atoms with Crippen molar-refractivity contribution >= 4 is 24.1 Å². The highest BCUT2D eigenvalue weighted by Gasteiger charge is 2.36. The van der Waals surface area contributed by atoms with Gasteiger partial charge in [0.05, 0.1) is 0 Å². The van der Waals surface area contributed by atoms with Crippen molar-refractivity contribution in [2.45, 2.75) is 63.9 Å². The summed E-state index contributed by atoms with van der Waals surface area (Å²) < 4.78 is 0. The highest BCUT2D eigenvalue weighted by Crippen LogP contribution is 2.37. The maximum atomic E-state index is 4.69. The molecule has 0 radical (unpaired) electrons. The molecule has 0 N–H and O–H groups in total. The molecule has 88 valence electrons. The quantitative estimate of drug-likeness (QED) is 0.478. The summed E-state index contributed by atoms with van der Waals surface area (Å²) in [5, 5.41) is 0.808. The Hall–Kier alpha value is 0.237. The van der Waals surface area contributed by atoms with E-state index in [2.05, 4.69) is 37.8 Å². The number of nitrogens with zero attached hydrogens (tertiary/aromatic N) is 1.